The number of phenols is 1. The lowest BCUT2D eigenvalue weighted by molar-refractivity contribution is -0.122. The minimum atomic E-state index is 0.0359. The molecule has 4 rings (SSSR count). The Morgan fingerprint density at radius 1 is 0.933 bits per heavy atom. The highest BCUT2D eigenvalue weighted by Crippen LogP contribution is 2.28. The first kappa shape index (κ1) is 20.2. The van der Waals surface area contributed by atoms with E-state index in [0.29, 0.717) is 25.4 Å². The van der Waals surface area contributed by atoms with Gasteiger partial charge in [0.2, 0.25) is 5.91 Å². The summed E-state index contributed by atoms with van der Waals surface area (Å²) in [5.74, 6) is 0.617. The van der Waals surface area contributed by atoms with Gasteiger partial charge in [0.15, 0.2) is 0 Å². The van der Waals surface area contributed by atoms with E-state index in [2.05, 4.69) is 64.8 Å². The summed E-state index contributed by atoms with van der Waals surface area (Å²) in [6, 6.07) is 26.6. The van der Waals surface area contributed by atoms with Gasteiger partial charge in [0.25, 0.3) is 0 Å². The van der Waals surface area contributed by atoms with Crippen LogP contribution >= 0.6 is 0 Å². The maximum Gasteiger partial charge on any atom is 0.234 e. The smallest absolute Gasteiger partial charge is 0.234 e. The van der Waals surface area contributed by atoms with Crippen molar-refractivity contribution in [2.75, 3.05) is 19.6 Å². The largest absolute Gasteiger partial charge is 0.508 e. The van der Waals surface area contributed by atoms with Crippen LogP contribution in [0.25, 0.3) is 0 Å². The molecular weight excluding hydrogens is 372 g/mol. The van der Waals surface area contributed by atoms with Gasteiger partial charge >= 0.3 is 0 Å². The van der Waals surface area contributed by atoms with Crippen LogP contribution in [0.4, 0.5) is 0 Å². The molecule has 4 nitrogen and oxygen atoms in total. The second-order valence-electron chi connectivity index (χ2n) is 7.89. The van der Waals surface area contributed by atoms with Crippen LogP contribution in [0, 0.1) is 0 Å². The van der Waals surface area contributed by atoms with E-state index >= 15 is 0 Å². The van der Waals surface area contributed by atoms with Gasteiger partial charge in [-0.3, -0.25) is 9.69 Å². The number of hydrogen-bond acceptors (Lipinski definition) is 3. The number of rotatable bonds is 7. The van der Waals surface area contributed by atoms with Gasteiger partial charge < -0.3 is 10.4 Å². The Balaban J connectivity index is 1.33. The van der Waals surface area contributed by atoms with Crippen molar-refractivity contribution in [2.24, 2.45) is 0 Å². The fraction of sp³-hybridized carbons (Fsp3) is 0.269. The number of phenolic OH excluding ortho intramolecular Hbond substituents is 1. The van der Waals surface area contributed by atoms with Crippen LogP contribution < -0.4 is 5.32 Å². The Morgan fingerprint density at radius 2 is 1.60 bits per heavy atom. The van der Waals surface area contributed by atoms with E-state index in [1.165, 1.54) is 16.7 Å². The van der Waals surface area contributed by atoms with Crippen molar-refractivity contribution < 1.29 is 9.90 Å². The van der Waals surface area contributed by atoms with Crippen LogP contribution in [0.1, 0.15) is 34.6 Å². The summed E-state index contributed by atoms with van der Waals surface area (Å²) in [5, 5.41) is 13.2. The summed E-state index contributed by atoms with van der Waals surface area (Å²) in [5.41, 5.74) is 4.66. The van der Waals surface area contributed by atoms with E-state index in [-0.39, 0.29) is 11.8 Å². The predicted molar refractivity (Wildman–Crippen MR) is 119 cm³/mol. The SMILES string of the molecule is O=C(CN1CCc2cccc(O)c2C1)NCCC(c1ccccc1)c1ccccc1. The van der Waals surface area contributed by atoms with E-state index in [1.54, 1.807) is 6.07 Å². The van der Waals surface area contributed by atoms with Gasteiger partial charge in [-0.25, -0.2) is 0 Å². The zero-order valence-corrected chi connectivity index (χ0v) is 17.1. The second-order valence-corrected chi connectivity index (χ2v) is 7.89. The van der Waals surface area contributed by atoms with Crippen molar-refractivity contribution in [3.63, 3.8) is 0 Å². The molecule has 0 saturated heterocycles. The van der Waals surface area contributed by atoms with E-state index in [0.717, 1.165) is 24.9 Å². The molecule has 2 N–H and O–H groups in total. The third kappa shape index (κ3) is 4.89. The van der Waals surface area contributed by atoms with Gasteiger partial charge in [0.05, 0.1) is 6.54 Å². The molecule has 0 fully saturated rings. The third-order valence-corrected chi connectivity index (χ3v) is 5.85. The van der Waals surface area contributed by atoms with Gasteiger partial charge in [-0.2, -0.15) is 0 Å². The molecule has 4 heteroatoms. The average Bonchev–Trinajstić information content (AvgIpc) is 2.78. The molecule has 1 aliphatic heterocycles. The molecule has 3 aromatic rings. The van der Waals surface area contributed by atoms with Crippen LogP contribution in [-0.4, -0.2) is 35.5 Å². The number of aromatic hydroxyl groups is 1. The summed E-state index contributed by atoms with van der Waals surface area (Å²) in [4.78, 5) is 14.6. The molecule has 0 bridgehead atoms. The van der Waals surface area contributed by atoms with Gasteiger partial charge in [-0.15, -0.1) is 0 Å². The first-order chi connectivity index (χ1) is 14.7. The molecule has 0 unspecified atom stereocenters. The number of nitrogens with one attached hydrogen (secondary N) is 1. The number of amides is 1. The maximum absolute atomic E-state index is 12.5. The Kier molecular flexibility index (Phi) is 6.45. The molecule has 1 aliphatic rings. The highest BCUT2D eigenvalue weighted by atomic mass is 16.3. The van der Waals surface area contributed by atoms with Crippen molar-refractivity contribution in [3.05, 3.63) is 101 Å². The summed E-state index contributed by atoms with van der Waals surface area (Å²) in [7, 11) is 0. The van der Waals surface area contributed by atoms with E-state index in [9.17, 15) is 9.90 Å². The van der Waals surface area contributed by atoms with E-state index in [4.69, 9.17) is 0 Å². The fourth-order valence-electron chi connectivity index (χ4n) is 4.27. The lowest BCUT2D eigenvalue weighted by atomic mass is 9.88. The molecular formula is C26H28N2O2. The zero-order valence-electron chi connectivity index (χ0n) is 17.1. The summed E-state index contributed by atoms with van der Waals surface area (Å²) >= 11 is 0. The molecule has 30 heavy (non-hydrogen) atoms. The first-order valence-corrected chi connectivity index (χ1v) is 10.6. The molecule has 1 heterocycles. The number of fused-ring (bicyclic) bond motifs is 1. The maximum atomic E-state index is 12.5. The summed E-state index contributed by atoms with van der Waals surface area (Å²) < 4.78 is 0. The van der Waals surface area contributed by atoms with Crippen LogP contribution in [-0.2, 0) is 17.8 Å². The van der Waals surface area contributed by atoms with Gasteiger partial charge in [0.1, 0.15) is 5.75 Å². The number of nitrogens with zero attached hydrogens (tertiary/aromatic N) is 1. The topological polar surface area (TPSA) is 52.6 Å². The quantitative estimate of drug-likeness (QED) is 0.628. The van der Waals surface area contributed by atoms with Crippen molar-refractivity contribution in [3.8, 4) is 5.75 Å². The molecule has 0 aromatic heterocycles. The van der Waals surface area contributed by atoms with Gasteiger partial charge in [-0.1, -0.05) is 72.8 Å². The zero-order chi connectivity index (χ0) is 20.8. The standard InChI is InChI=1S/C26H28N2O2/c29-25-13-7-12-22-15-17-28(18-24(22)25)19-26(30)27-16-14-23(20-8-3-1-4-9-20)21-10-5-2-6-11-21/h1-13,23,29H,14-19H2,(H,27,30). The van der Waals surface area contributed by atoms with Gasteiger partial charge in [-0.05, 0) is 35.6 Å². The Labute approximate surface area is 178 Å². The molecule has 0 radical (unpaired) electrons. The van der Waals surface area contributed by atoms with Crippen molar-refractivity contribution in [1.82, 2.24) is 10.2 Å². The highest BCUT2D eigenvalue weighted by molar-refractivity contribution is 5.78. The predicted octanol–water partition coefficient (Wildman–Crippen LogP) is 4.09. The lowest BCUT2D eigenvalue weighted by Crippen LogP contribution is -2.40. The molecule has 0 atom stereocenters. The van der Waals surface area contributed by atoms with E-state index < -0.39 is 0 Å². The molecule has 3 aromatic carbocycles. The summed E-state index contributed by atoms with van der Waals surface area (Å²) in [6.45, 7) is 2.44. The van der Waals surface area contributed by atoms with Crippen LogP contribution in [0.15, 0.2) is 78.9 Å². The minimum Gasteiger partial charge on any atom is -0.508 e. The first-order valence-electron chi connectivity index (χ1n) is 10.6. The van der Waals surface area contributed by atoms with Gasteiger partial charge in [0, 0.05) is 31.1 Å². The number of carbonyl (C=O) groups excluding carboxylic acids is 1. The number of benzene rings is 3. The highest BCUT2D eigenvalue weighted by Gasteiger charge is 2.21. The summed E-state index contributed by atoms with van der Waals surface area (Å²) in [6.07, 6.45) is 1.71. The van der Waals surface area contributed by atoms with E-state index in [1.807, 2.05) is 18.2 Å². The molecule has 0 saturated carbocycles. The Hall–Kier alpha value is -3.11. The molecule has 1 amide bonds. The molecule has 154 valence electrons. The van der Waals surface area contributed by atoms with Crippen LogP contribution in [0.5, 0.6) is 5.75 Å². The van der Waals surface area contributed by atoms with Crippen molar-refractivity contribution in [2.45, 2.75) is 25.3 Å². The third-order valence-electron chi connectivity index (χ3n) is 5.85. The minimum absolute atomic E-state index is 0.0359. The van der Waals surface area contributed by atoms with Crippen LogP contribution in [0.2, 0.25) is 0 Å². The average molecular weight is 401 g/mol. The monoisotopic (exact) mass is 400 g/mol. The Morgan fingerprint density at radius 3 is 2.27 bits per heavy atom. The number of carbonyl (C=O) groups is 1. The van der Waals surface area contributed by atoms with Crippen molar-refractivity contribution >= 4 is 5.91 Å². The normalized spacial score (nSPS) is 13.8. The number of hydrogen-bond donors (Lipinski definition) is 2. The van der Waals surface area contributed by atoms with Crippen molar-refractivity contribution in [1.29, 1.82) is 0 Å². The molecule has 0 aliphatic carbocycles. The Bertz CT molecular complexity index is 933. The second kappa shape index (κ2) is 9.59. The fourth-order valence-corrected chi connectivity index (χ4v) is 4.27. The van der Waals surface area contributed by atoms with Crippen LogP contribution in [0.3, 0.4) is 0 Å². The molecule has 0 spiro atoms. The lowest BCUT2D eigenvalue weighted by Gasteiger charge is -2.28.